The van der Waals surface area contributed by atoms with E-state index in [0.717, 1.165) is 42.9 Å². The highest BCUT2D eigenvalue weighted by molar-refractivity contribution is 7.89. The number of sulfonamides is 1. The van der Waals surface area contributed by atoms with E-state index in [0.29, 0.717) is 12.0 Å². The molecule has 0 amide bonds. The Kier molecular flexibility index (Phi) is 6.06. The van der Waals surface area contributed by atoms with Crippen LogP contribution in [-0.4, -0.2) is 33.0 Å². The molecular weight excluding hydrogens is 378 g/mol. The zero-order valence-electron chi connectivity index (χ0n) is 14.5. The number of benzene rings is 1. The quantitative estimate of drug-likeness (QED) is 0.803. The Morgan fingerprint density at radius 1 is 1.23 bits per heavy atom. The van der Waals surface area contributed by atoms with Crippen molar-refractivity contribution in [2.45, 2.75) is 30.7 Å². The van der Waals surface area contributed by atoms with Crippen LogP contribution in [0.1, 0.15) is 30.7 Å². The Bertz CT molecular complexity index is 833. The Balaban J connectivity index is 1.75. The smallest absolute Gasteiger partial charge is 0.240 e. The van der Waals surface area contributed by atoms with Crippen LogP contribution >= 0.6 is 11.3 Å². The van der Waals surface area contributed by atoms with Crippen molar-refractivity contribution >= 4 is 21.4 Å². The number of thiophene rings is 1. The monoisotopic (exact) mass is 400 g/mol. The van der Waals surface area contributed by atoms with Crippen LogP contribution in [0, 0.1) is 17.6 Å². The van der Waals surface area contributed by atoms with E-state index in [9.17, 15) is 17.2 Å². The highest BCUT2D eigenvalue weighted by Crippen LogP contribution is 2.29. The summed E-state index contributed by atoms with van der Waals surface area (Å²) in [5, 5.41) is 1.97. The molecule has 142 valence electrons. The van der Waals surface area contributed by atoms with E-state index in [1.807, 2.05) is 17.5 Å². The third kappa shape index (κ3) is 4.49. The molecule has 26 heavy (non-hydrogen) atoms. The molecule has 4 nitrogen and oxygen atoms in total. The zero-order chi connectivity index (χ0) is 18.7. The molecule has 1 aliphatic rings. The first-order valence-electron chi connectivity index (χ1n) is 8.59. The van der Waals surface area contributed by atoms with Gasteiger partial charge in [0.15, 0.2) is 11.6 Å². The summed E-state index contributed by atoms with van der Waals surface area (Å²) in [6.45, 7) is 4.24. The maximum Gasteiger partial charge on any atom is 0.240 e. The first-order chi connectivity index (χ1) is 12.4. The van der Waals surface area contributed by atoms with Crippen molar-refractivity contribution in [1.82, 2.24) is 9.62 Å². The topological polar surface area (TPSA) is 49.4 Å². The average molecular weight is 401 g/mol. The van der Waals surface area contributed by atoms with Crippen molar-refractivity contribution in [2.24, 2.45) is 5.92 Å². The second kappa shape index (κ2) is 8.12. The molecule has 1 fully saturated rings. The predicted molar refractivity (Wildman–Crippen MR) is 98.6 cm³/mol. The average Bonchev–Trinajstić information content (AvgIpc) is 3.13. The molecular formula is C18H22F2N2O2S2. The van der Waals surface area contributed by atoms with E-state index in [-0.39, 0.29) is 17.5 Å². The van der Waals surface area contributed by atoms with Gasteiger partial charge < -0.3 is 0 Å². The molecule has 0 spiro atoms. The fourth-order valence-corrected chi connectivity index (χ4v) is 5.06. The largest absolute Gasteiger partial charge is 0.294 e. The van der Waals surface area contributed by atoms with E-state index in [2.05, 4.69) is 16.5 Å². The van der Waals surface area contributed by atoms with E-state index in [1.165, 1.54) is 0 Å². The van der Waals surface area contributed by atoms with Crippen LogP contribution in [0.4, 0.5) is 8.78 Å². The molecule has 2 aromatic rings. The van der Waals surface area contributed by atoms with Crippen LogP contribution in [0.3, 0.4) is 0 Å². The van der Waals surface area contributed by atoms with Gasteiger partial charge in [0.25, 0.3) is 0 Å². The summed E-state index contributed by atoms with van der Waals surface area (Å²) in [4.78, 5) is 3.11. The van der Waals surface area contributed by atoms with Gasteiger partial charge in [0.1, 0.15) is 0 Å². The summed E-state index contributed by atoms with van der Waals surface area (Å²) in [6, 6.07) is 6.49. The SMILES string of the molecule is CC1CCN(C(CNS(=O)(=O)c2ccc(F)c(F)c2)c2cccs2)CC1. The fraction of sp³-hybridized carbons (Fsp3) is 0.444. The standard InChI is InChI=1S/C18H22F2N2O2S2/c1-13-6-8-22(9-7-13)17(18-3-2-10-25-18)12-21-26(23,24)14-4-5-15(19)16(20)11-14/h2-5,10-11,13,17,21H,6-9,12H2,1H3. The molecule has 1 aromatic heterocycles. The zero-order valence-corrected chi connectivity index (χ0v) is 16.1. The molecule has 0 saturated carbocycles. The van der Waals surface area contributed by atoms with Gasteiger partial charge in [-0.3, -0.25) is 4.90 Å². The fourth-order valence-electron chi connectivity index (χ4n) is 3.15. The lowest BCUT2D eigenvalue weighted by atomic mass is 9.97. The number of nitrogens with zero attached hydrogens (tertiary/aromatic N) is 1. The van der Waals surface area contributed by atoms with Gasteiger partial charge in [-0.05, 0) is 61.5 Å². The van der Waals surface area contributed by atoms with Gasteiger partial charge in [-0.25, -0.2) is 21.9 Å². The molecule has 1 N–H and O–H groups in total. The number of nitrogens with one attached hydrogen (secondary N) is 1. The first-order valence-corrected chi connectivity index (χ1v) is 11.0. The van der Waals surface area contributed by atoms with Gasteiger partial charge >= 0.3 is 0 Å². The lowest BCUT2D eigenvalue weighted by Gasteiger charge is -2.36. The van der Waals surface area contributed by atoms with Crippen molar-refractivity contribution < 1.29 is 17.2 Å². The van der Waals surface area contributed by atoms with Crippen LogP contribution in [0.15, 0.2) is 40.6 Å². The number of halogens is 2. The minimum atomic E-state index is -3.91. The molecule has 2 heterocycles. The first kappa shape index (κ1) is 19.4. The van der Waals surface area contributed by atoms with E-state index in [1.54, 1.807) is 11.3 Å². The second-order valence-corrected chi connectivity index (χ2v) is 9.42. The highest BCUT2D eigenvalue weighted by atomic mass is 32.2. The Morgan fingerprint density at radius 2 is 1.96 bits per heavy atom. The molecule has 0 aliphatic carbocycles. The normalized spacial score (nSPS) is 18.1. The van der Waals surface area contributed by atoms with Gasteiger partial charge in [-0.1, -0.05) is 13.0 Å². The van der Waals surface area contributed by atoms with Crippen LogP contribution in [0.25, 0.3) is 0 Å². The summed E-state index contributed by atoms with van der Waals surface area (Å²) >= 11 is 1.59. The maximum atomic E-state index is 13.4. The minimum absolute atomic E-state index is 0.0671. The van der Waals surface area contributed by atoms with Crippen LogP contribution in [0.2, 0.25) is 0 Å². The third-order valence-corrected chi connectivity index (χ3v) is 7.19. The summed E-state index contributed by atoms with van der Waals surface area (Å²) in [7, 11) is -3.91. The van der Waals surface area contributed by atoms with Crippen molar-refractivity contribution in [3.05, 3.63) is 52.2 Å². The molecule has 1 aliphatic heterocycles. The second-order valence-electron chi connectivity index (χ2n) is 6.68. The van der Waals surface area contributed by atoms with Crippen LogP contribution < -0.4 is 4.72 Å². The number of hydrogen-bond donors (Lipinski definition) is 1. The molecule has 8 heteroatoms. The van der Waals surface area contributed by atoms with Crippen molar-refractivity contribution in [2.75, 3.05) is 19.6 Å². The molecule has 0 radical (unpaired) electrons. The predicted octanol–water partition coefficient (Wildman–Crippen LogP) is 3.78. The van der Waals surface area contributed by atoms with Crippen molar-refractivity contribution in [1.29, 1.82) is 0 Å². The van der Waals surface area contributed by atoms with E-state index in [4.69, 9.17) is 0 Å². The van der Waals surface area contributed by atoms with Gasteiger partial charge in [0.05, 0.1) is 10.9 Å². The molecule has 1 aromatic carbocycles. The molecule has 3 rings (SSSR count). The molecule has 1 unspecified atom stereocenters. The minimum Gasteiger partial charge on any atom is -0.294 e. The number of likely N-dealkylation sites (tertiary alicyclic amines) is 1. The summed E-state index contributed by atoms with van der Waals surface area (Å²) in [6.07, 6.45) is 2.16. The molecule has 1 saturated heterocycles. The van der Waals surface area contributed by atoms with Crippen molar-refractivity contribution in [3.8, 4) is 0 Å². The van der Waals surface area contributed by atoms with Gasteiger partial charge in [0.2, 0.25) is 10.0 Å². The van der Waals surface area contributed by atoms with Gasteiger partial charge in [0, 0.05) is 11.4 Å². The lowest BCUT2D eigenvalue weighted by molar-refractivity contribution is 0.141. The highest BCUT2D eigenvalue weighted by Gasteiger charge is 2.27. The summed E-state index contributed by atoms with van der Waals surface area (Å²) in [5.74, 6) is -1.57. The summed E-state index contributed by atoms with van der Waals surface area (Å²) < 4.78 is 54.0. The van der Waals surface area contributed by atoms with Crippen LogP contribution in [0.5, 0.6) is 0 Å². The number of piperidine rings is 1. The van der Waals surface area contributed by atoms with Crippen LogP contribution in [-0.2, 0) is 10.0 Å². The number of hydrogen-bond acceptors (Lipinski definition) is 4. The third-order valence-electron chi connectivity index (χ3n) is 4.80. The summed E-state index contributed by atoms with van der Waals surface area (Å²) in [5.41, 5.74) is 0. The maximum absolute atomic E-state index is 13.4. The van der Waals surface area contributed by atoms with E-state index < -0.39 is 21.7 Å². The number of rotatable bonds is 6. The molecule has 0 bridgehead atoms. The van der Waals surface area contributed by atoms with Gasteiger partial charge in [-0.2, -0.15) is 0 Å². The van der Waals surface area contributed by atoms with Gasteiger partial charge in [-0.15, -0.1) is 11.3 Å². The Morgan fingerprint density at radius 3 is 2.58 bits per heavy atom. The Labute approximate surface area is 156 Å². The van der Waals surface area contributed by atoms with Crippen molar-refractivity contribution in [3.63, 3.8) is 0 Å². The Hall–Kier alpha value is -1.35. The van der Waals surface area contributed by atoms with E-state index >= 15 is 0 Å². The lowest BCUT2D eigenvalue weighted by Crippen LogP contribution is -2.41. The molecule has 1 atom stereocenters.